The first-order valence-electron chi connectivity index (χ1n) is 14.9. The minimum Gasteiger partial charge on any atom is -0.268 e. The van der Waals surface area contributed by atoms with E-state index in [2.05, 4.69) is 36.4 Å². The van der Waals surface area contributed by atoms with E-state index in [-0.39, 0.29) is 17.4 Å². The van der Waals surface area contributed by atoms with E-state index in [1.165, 1.54) is 0 Å². The Balaban J connectivity index is 1.44. The third kappa shape index (κ3) is 3.35. The van der Waals surface area contributed by atoms with Crippen LogP contribution in [0.1, 0.15) is 45.2 Å². The van der Waals surface area contributed by atoms with Gasteiger partial charge in [0.05, 0.1) is 34.3 Å². The number of benzene rings is 6. The number of imidazole rings is 1. The third-order valence-electron chi connectivity index (χ3n) is 9.45. The lowest BCUT2D eigenvalue weighted by Crippen LogP contribution is -2.29. The fourth-order valence-corrected chi connectivity index (χ4v) is 7.61. The summed E-state index contributed by atoms with van der Waals surface area (Å²) in [7, 11) is 0. The molecule has 45 heavy (non-hydrogen) atoms. The molecule has 2 heterocycles. The number of pyridine rings is 1. The molecule has 5 heteroatoms. The van der Waals surface area contributed by atoms with Crippen molar-refractivity contribution in [3.8, 4) is 23.3 Å². The summed E-state index contributed by atoms with van der Waals surface area (Å²) >= 11 is 0. The van der Waals surface area contributed by atoms with Gasteiger partial charge in [-0.25, -0.2) is 4.98 Å². The SMILES string of the molecule is N#Cc1cc2nc3c4ccc(C#N)c5c(-c6ccccc6)ccc(c(=O)n3c2c2c1C(c1ccccc1)C2c1ccccc1)c54. The van der Waals surface area contributed by atoms with Gasteiger partial charge in [-0.1, -0.05) is 97.1 Å². The van der Waals surface area contributed by atoms with Crippen LogP contribution in [0.2, 0.25) is 0 Å². The molecule has 0 bridgehead atoms. The van der Waals surface area contributed by atoms with Gasteiger partial charge in [0, 0.05) is 33.4 Å². The van der Waals surface area contributed by atoms with Crippen LogP contribution in [-0.2, 0) is 0 Å². The fraction of sp³-hybridized carbons (Fsp3) is 0.0500. The molecule has 2 unspecified atom stereocenters. The van der Waals surface area contributed by atoms with Gasteiger partial charge in [-0.3, -0.25) is 9.20 Å². The summed E-state index contributed by atoms with van der Waals surface area (Å²) in [5.74, 6) is -0.0920. The van der Waals surface area contributed by atoms with Crippen LogP contribution in [0.25, 0.3) is 49.4 Å². The number of nitrogens with zero attached hydrogens (tertiary/aromatic N) is 4. The highest BCUT2D eigenvalue weighted by molar-refractivity contribution is 6.21. The first-order valence-corrected chi connectivity index (χ1v) is 14.9. The molecule has 0 spiro atoms. The van der Waals surface area contributed by atoms with Crippen molar-refractivity contribution in [3.05, 3.63) is 165 Å². The third-order valence-corrected chi connectivity index (χ3v) is 9.45. The Morgan fingerprint density at radius 2 is 1.22 bits per heavy atom. The lowest BCUT2D eigenvalue weighted by atomic mass is 9.60. The largest absolute Gasteiger partial charge is 0.268 e. The van der Waals surface area contributed by atoms with Crippen molar-refractivity contribution in [1.29, 1.82) is 10.5 Å². The van der Waals surface area contributed by atoms with Gasteiger partial charge in [0.15, 0.2) is 0 Å². The van der Waals surface area contributed by atoms with Crippen LogP contribution in [0, 0.1) is 22.7 Å². The highest BCUT2D eigenvalue weighted by atomic mass is 16.1. The van der Waals surface area contributed by atoms with Gasteiger partial charge in [-0.2, -0.15) is 10.5 Å². The number of hydrogen-bond acceptors (Lipinski definition) is 4. The Labute approximate surface area is 257 Å². The zero-order chi connectivity index (χ0) is 30.2. The maximum atomic E-state index is 14.6. The summed E-state index contributed by atoms with van der Waals surface area (Å²) < 4.78 is 1.75. The topological polar surface area (TPSA) is 81.9 Å². The highest BCUT2D eigenvalue weighted by Crippen LogP contribution is 2.57. The summed E-state index contributed by atoms with van der Waals surface area (Å²) in [4.78, 5) is 19.7. The molecule has 8 aromatic rings. The number of hydrogen-bond donors (Lipinski definition) is 0. The average molecular weight is 575 g/mol. The molecule has 6 aromatic carbocycles. The predicted molar refractivity (Wildman–Crippen MR) is 177 cm³/mol. The van der Waals surface area contributed by atoms with Crippen LogP contribution in [0.5, 0.6) is 0 Å². The zero-order valence-corrected chi connectivity index (χ0v) is 23.9. The second kappa shape index (κ2) is 9.35. The molecule has 5 nitrogen and oxygen atoms in total. The molecule has 0 saturated heterocycles. The van der Waals surface area contributed by atoms with E-state index < -0.39 is 0 Å². The van der Waals surface area contributed by atoms with E-state index >= 15 is 0 Å². The van der Waals surface area contributed by atoms with Crippen LogP contribution in [0.4, 0.5) is 0 Å². The fourth-order valence-electron chi connectivity index (χ4n) is 7.61. The number of nitriles is 2. The van der Waals surface area contributed by atoms with Crippen LogP contribution in [0.15, 0.2) is 126 Å². The monoisotopic (exact) mass is 574 g/mol. The minimum absolute atomic E-state index is 0.0326. The van der Waals surface area contributed by atoms with Crippen molar-refractivity contribution in [3.63, 3.8) is 0 Å². The maximum Gasteiger partial charge on any atom is 0.264 e. The highest BCUT2D eigenvalue weighted by Gasteiger charge is 2.44. The lowest BCUT2D eigenvalue weighted by Gasteiger charge is -2.41. The minimum atomic E-state index is -0.179. The molecular formula is C40H22N4O. The molecule has 9 rings (SSSR count). The van der Waals surface area contributed by atoms with E-state index in [9.17, 15) is 15.3 Å². The summed E-state index contributed by atoms with van der Waals surface area (Å²) in [6.07, 6.45) is 0. The quantitative estimate of drug-likeness (QED) is 0.213. The van der Waals surface area contributed by atoms with E-state index in [0.717, 1.165) is 55.1 Å². The van der Waals surface area contributed by atoms with Crippen LogP contribution in [0.3, 0.4) is 0 Å². The van der Waals surface area contributed by atoms with Crippen molar-refractivity contribution >= 4 is 38.2 Å². The summed E-state index contributed by atoms with van der Waals surface area (Å²) in [6.45, 7) is 0. The second-order valence-corrected chi connectivity index (χ2v) is 11.6. The van der Waals surface area contributed by atoms with Crippen LogP contribution in [-0.4, -0.2) is 9.38 Å². The smallest absolute Gasteiger partial charge is 0.264 e. The van der Waals surface area contributed by atoms with Crippen molar-refractivity contribution in [2.45, 2.75) is 11.8 Å². The van der Waals surface area contributed by atoms with Gasteiger partial charge >= 0.3 is 0 Å². The van der Waals surface area contributed by atoms with Gasteiger partial charge < -0.3 is 0 Å². The standard InChI is InChI=1S/C40H22N4O/c41-21-26-16-17-29-36-30(19-18-28(32(26)36)23-10-4-1-5-11-23)40(45)44-38-31(43-39(29)44)20-27(22-42)35-33(24-12-6-2-7-13-24)34(37(35)38)25-14-8-3-9-15-25/h1-20,33-34H. The van der Waals surface area contributed by atoms with Gasteiger partial charge in [-0.05, 0) is 57.6 Å². The molecule has 1 aliphatic carbocycles. The molecule has 0 fully saturated rings. The zero-order valence-electron chi connectivity index (χ0n) is 23.9. The molecule has 0 radical (unpaired) electrons. The van der Waals surface area contributed by atoms with Gasteiger partial charge in [0.2, 0.25) is 0 Å². The average Bonchev–Trinajstić information content (AvgIpc) is 3.46. The number of fused-ring (bicyclic) bond motifs is 6. The molecule has 1 aliphatic rings. The van der Waals surface area contributed by atoms with E-state index in [4.69, 9.17) is 4.98 Å². The number of rotatable bonds is 3. The molecule has 0 amide bonds. The van der Waals surface area contributed by atoms with Crippen molar-refractivity contribution in [2.75, 3.05) is 0 Å². The van der Waals surface area contributed by atoms with E-state index in [0.29, 0.717) is 27.7 Å². The first kappa shape index (κ1) is 25.2. The Bertz CT molecular complexity index is 2630. The molecule has 0 aliphatic heterocycles. The molecular weight excluding hydrogens is 552 g/mol. The molecule has 2 atom stereocenters. The molecule has 2 aromatic heterocycles. The summed E-state index contributed by atoms with van der Waals surface area (Å²) in [6, 6.07) is 44.7. The van der Waals surface area contributed by atoms with E-state index in [1.807, 2.05) is 97.1 Å². The Morgan fingerprint density at radius 3 is 1.87 bits per heavy atom. The summed E-state index contributed by atoms with van der Waals surface area (Å²) in [5, 5.41) is 23.4. The normalized spacial score (nSPS) is 15.6. The van der Waals surface area contributed by atoms with Crippen molar-refractivity contribution in [1.82, 2.24) is 9.38 Å². The predicted octanol–water partition coefficient (Wildman–Crippen LogP) is 8.28. The van der Waals surface area contributed by atoms with Crippen molar-refractivity contribution < 1.29 is 0 Å². The van der Waals surface area contributed by atoms with Gasteiger partial charge in [0.25, 0.3) is 5.56 Å². The maximum absolute atomic E-state index is 14.6. The van der Waals surface area contributed by atoms with E-state index in [1.54, 1.807) is 4.40 Å². The molecule has 0 saturated carbocycles. The Hall–Kier alpha value is -6.30. The van der Waals surface area contributed by atoms with Gasteiger partial charge in [-0.15, -0.1) is 0 Å². The Kier molecular flexibility index (Phi) is 5.24. The molecule has 208 valence electrons. The molecule has 0 N–H and O–H groups in total. The first-order chi connectivity index (χ1) is 22.2. The second-order valence-electron chi connectivity index (χ2n) is 11.6. The Morgan fingerprint density at radius 1 is 0.622 bits per heavy atom. The van der Waals surface area contributed by atoms with Crippen molar-refractivity contribution in [2.24, 2.45) is 0 Å². The summed E-state index contributed by atoms with van der Waals surface area (Å²) in [5.41, 5.74) is 8.88. The van der Waals surface area contributed by atoms with Crippen LogP contribution >= 0.6 is 0 Å². The lowest BCUT2D eigenvalue weighted by molar-refractivity contribution is 0.609. The van der Waals surface area contributed by atoms with Gasteiger partial charge in [0.1, 0.15) is 5.65 Å². The number of aromatic nitrogens is 2. The van der Waals surface area contributed by atoms with Crippen LogP contribution < -0.4 is 5.56 Å².